The van der Waals surface area contributed by atoms with Gasteiger partial charge in [0.15, 0.2) is 0 Å². The number of hydrogen-bond donors (Lipinski definition) is 1. The molecule has 0 bridgehead atoms. The van der Waals surface area contributed by atoms with Crippen molar-refractivity contribution in [2.75, 3.05) is 25.4 Å². The lowest BCUT2D eigenvalue weighted by atomic mass is 9.97. The van der Waals surface area contributed by atoms with Crippen molar-refractivity contribution in [1.82, 2.24) is 10.2 Å². The smallest absolute Gasteiger partial charge is 0.224 e. The molecular formula is C16H24N2O2S2. The minimum absolute atomic E-state index is 0.0356. The molecule has 4 nitrogen and oxygen atoms in total. The summed E-state index contributed by atoms with van der Waals surface area (Å²) in [5, 5.41) is 5.10. The standard InChI is InChI=1S/C16H24N2O2S2/c1-2-15(19)18-8-3-5-13(11-18)16(20)17-7-10-21-12-14-6-4-9-22-14/h4,6,9,13H,2-3,5,7-8,10-12H2,1H3,(H,17,20)/t13-/m1/s1. The molecule has 1 saturated heterocycles. The van der Waals surface area contributed by atoms with Gasteiger partial charge in [0, 0.05) is 42.4 Å². The molecule has 0 radical (unpaired) electrons. The molecule has 1 aromatic rings. The predicted molar refractivity (Wildman–Crippen MR) is 93.1 cm³/mol. The second-order valence-corrected chi connectivity index (χ2v) is 7.59. The van der Waals surface area contributed by atoms with Gasteiger partial charge in [0.2, 0.25) is 11.8 Å². The van der Waals surface area contributed by atoms with Crippen LogP contribution < -0.4 is 5.32 Å². The Labute approximate surface area is 140 Å². The summed E-state index contributed by atoms with van der Waals surface area (Å²) in [5.74, 6) is 2.16. The predicted octanol–water partition coefficient (Wildman–Crippen LogP) is 2.75. The van der Waals surface area contributed by atoms with Crippen LogP contribution in [-0.2, 0) is 15.3 Å². The molecule has 0 aliphatic carbocycles. The highest BCUT2D eigenvalue weighted by Gasteiger charge is 2.27. The minimum Gasteiger partial charge on any atom is -0.355 e. The molecule has 122 valence electrons. The fraction of sp³-hybridized carbons (Fsp3) is 0.625. The topological polar surface area (TPSA) is 49.4 Å². The van der Waals surface area contributed by atoms with E-state index < -0.39 is 0 Å². The van der Waals surface area contributed by atoms with Crippen LogP contribution in [0.3, 0.4) is 0 Å². The van der Waals surface area contributed by atoms with Crippen molar-refractivity contribution in [1.29, 1.82) is 0 Å². The molecule has 0 spiro atoms. The normalized spacial score (nSPS) is 18.2. The van der Waals surface area contributed by atoms with Crippen molar-refractivity contribution in [3.05, 3.63) is 22.4 Å². The van der Waals surface area contributed by atoms with Crippen LogP contribution >= 0.6 is 23.1 Å². The van der Waals surface area contributed by atoms with Crippen LogP contribution in [0.25, 0.3) is 0 Å². The second kappa shape index (κ2) is 9.20. The zero-order valence-electron chi connectivity index (χ0n) is 13.0. The summed E-state index contributed by atoms with van der Waals surface area (Å²) in [6.07, 6.45) is 2.34. The number of rotatable bonds is 7. The van der Waals surface area contributed by atoms with Crippen molar-refractivity contribution >= 4 is 34.9 Å². The van der Waals surface area contributed by atoms with Crippen molar-refractivity contribution in [3.63, 3.8) is 0 Å². The Balaban J connectivity index is 1.63. The zero-order valence-corrected chi connectivity index (χ0v) is 14.7. The highest BCUT2D eigenvalue weighted by molar-refractivity contribution is 7.98. The maximum absolute atomic E-state index is 12.2. The summed E-state index contributed by atoms with van der Waals surface area (Å²) in [6.45, 7) is 3.96. The van der Waals surface area contributed by atoms with Crippen molar-refractivity contribution in [2.24, 2.45) is 5.92 Å². The average molecular weight is 341 g/mol. The van der Waals surface area contributed by atoms with Crippen LogP contribution in [0.2, 0.25) is 0 Å². The number of thioether (sulfide) groups is 1. The summed E-state index contributed by atoms with van der Waals surface area (Å²) in [4.78, 5) is 27.1. The number of nitrogens with one attached hydrogen (secondary N) is 1. The summed E-state index contributed by atoms with van der Waals surface area (Å²) in [5.41, 5.74) is 0. The lowest BCUT2D eigenvalue weighted by molar-refractivity contribution is -0.135. The number of thiophene rings is 1. The van der Waals surface area contributed by atoms with E-state index in [0.717, 1.165) is 30.9 Å². The van der Waals surface area contributed by atoms with Crippen LogP contribution in [0.5, 0.6) is 0 Å². The first kappa shape index (κ1) is 17.3. The Morgan fingerprint density at radius 3 is 3.09 bits per heavy atom. The molecule has 0 saturated carbocycles. The molecule has 22 heavy (non-hydrogen) atoms. The molecule has 1 atom stereocenters. The first-order chi connectivity index (χ1) is 10.7. The van der Waals surface area contributed by atoms with Gasteiger partial charge in [-0.25, -0.2) is 0 Å². The van der Waals surface area contributed by atoms with Gasteiger partial charge in [-0.2, -0.15) is 11.8 Å². The number of hydrogen-bond acceptors (Lipinski definition) is 4. The largest absolute Gasteiger partial charge is 0.355 e. The van der Waals surface area contributed by atoms with E-state index in [-0.39, 0.29) is 17.7 Å². The maximum atomic E-state index is 12.2. The highest BCUT2D eigenvalue weighted by Crippen LogP contribution is 2.18. The molecule has 2 amide bonds. The lowest BCUT2D eigenvalue weighted by Gasteiger charge is -2.31. The van der Waals surface area contributed by atoms with Crippen LogP contribution in [0, 0.1) is 5.92 Å². The number of piperidine rings is 1. The third-order valence-corrected chi connectivity index (χ3v) is 5.88. The molecule has 2 heterocycles. The molecule has 1 N–H and O–H groups in total. The molecule has 0 unspecified atom stereocenters. The molecule has 6 heteroatoms. The van der Waals surface area contributed by atoms with Gasteiger partial charge in [0.1, 0.15) is 0 Å². The van der Waals surface area contributed by atoms with E-state index in [2.05, 4.69) is 22.8 Å². The lowest BCUT2D eigenvalue weighted by Crippen LogP contribution is -2.45. The number of likely N-dealkylation sites (tertiary alicyclic amines) is 1. The van der Waals surface area contributed by atoms with Crippen LogP contribution in [-0.4, -0.2) is 42.1 Å². The van der Waals surface area contributed by atoms with Crippen molar-refractivity contribution in [3.8, 4) is 0 Å². The monoisotopic (exact) mass is 340 g/mol. The van der Waals surface area contributed by atoms with Gasteiger partial charge in [0.05, 0.1) is 5.92 Å². The van der Waals surface area contributed by atoms with Gasteiger partial charge in [0.25, 0.3) is 0 Å². The first-order valence-corrected chi connectivity index (χ1v) is 9.89. The molecule has 0 aromatic carbocycles. The summed E-state index contributed by atoms with van der Waals surface area (Å²) in [7, 11) is 0. The SMILES string of the molecule is CCC(=O)N1CCC[C@@H](C(=O)NCCSCc2cccs2)C1. The summed E-state index contributed by atoms with van der Waals surface area (Å²) < 4.78 is 0. The van der Waals surface area contributed by atoms with Gasteiger partial charge in [-0.1, -0.05) is 13.0 Å². The molecule has 1 aliphatic rings. The fourth-order valence-corrected chi connectivity index (χ4v) is 4.30. The Morgan fingerprint density at radius 1 is 1.50 bits per heavy atom. The minimum atomic E-state index is -0.0356. The van der Waals surface area contributed by atoms with E-state index >= 15 is 0 Å². The fourth-order valence-electron chi connectivity index (χ4n) is 2.60. The van der Waals surface area contributed by atoms with Crippen molar-refractivity contribution in [2.45, 2.75) is 31.9 Å². The quantitative estimate of drug-likeness (QED) is 0.777. The average Bonchev–Trinajstić information content (AvgIpc) is 3.07. The zero-order chi connectivity index (χ0) is 15.8. The Kier molecular flexibility index (Phi) is 7.25. The Morgan fingerprint density at radius 2 is 2.36 bits per heavy atom. The van der Waals surface area contributed by atoms with Crippen LogP contribution in [0.4, 0.5) is 0 Å². The van der Waals surface area contributed by atoms with E-state index in [1.807, 2.05) is 23.6 Å². The Bertz CT molecular complexity index is 477. The van der Waals surface area contributed by atoms with Crippen LogP contribution in [0.1, 0.15) is 31.1 Å². The Hall–Kier alpha value is -1.01. The number of carbonyl (C=O) groups excluding carboxylic acids is 2. The molecular weight excluding hydrogens is 316 g/mol. The molecule has 1 fully saturated rings. The van der Waals surface area contributed by atoms with Crippen LogP contribution in [0.15, 0.2) is 17.5 Å². The van der Waals surface area contributed by atoms with E-state index in [9.17, 15) is 9.59 Å². The van der Waals surface area contributed by atoms with Gasteiger partial charge in [-0.05, 0) is 24.3 Å². The number of carbonyl (C=O) groups is 2. The van der Waals surface area contributed by atoms with Gasteiger partial charge < -0.3 is 10.2 Å². The van der Waals surface area contributed by atoms with Gasteiger partial charge >= 0.3 is 0 Å². The summed E-state index contributed by atoms with van der Waals surface area (Å²) in [6, 6.07) is 4.20. The number of amides is 2. The van der Waals surface area contributed by atoms with E-state index in [1.165, 1.54) is 4.88 Å². The van der Waals surface area contributed by atoms with E-state index in [4.69, 9.17) is 0 Å². The molecule has 2 rings (SSSR count). The van der Waals surface area contributed by atoms with Crippen molar-refractivity contribution < 1.29 is 9.59 Å². The third kappa shape index (κ3) is 5.32. The third-order valence-electron chi connectivity index (χ3n) is 3.82. The molecule has 1 aromatic heterocycles. The van der Waals surface area contributed by atoms with E-state index in [0.29, 0.717) is 19.5 Å². The van der Waals surface area contributed by atoms with Gasteiger partial charge in [-0.15, -0.1) is 11.3 Å². The van der Waals surface area contributed by atoms with Gasteiger partial charge in [-0.3, -0.25) is 9.59 Å². The van der Waals surface area contributed by atoms with E-state index in [1.54, 1.807) is 11.3 Å². The number of nitrogens with zero attached hydrogens (tertiary/aromatic N) is 1. The maximum Gasteiger partial charge on any atom is 0.224 e. The first-order valence-electron chi connectivity index (χ1n) is 7.86. The second-order valence-electron chi connectivity index (χ2n) is 5.46. The summed E-state index contributed by atoms with van der Waals surface area (Å²) >= 11 is 3.61. The molecule has 1 aliphatic heterocycles. The highest BCUT2D eigenvalue weighted by atomic mass is 32.2.